The van der Waals surface area contributed by atoms with Crippen LogP contribution in [0.25, 0.3) is 0 Å². The Bertz CT molecular complexity index is 63.4. The van der Waals surface area contributed by atoms with Crippen molar-refractivity contribution in [3.63, 3.8) is 0 Å². The van der Waals surface area contributed by atoms with Crippen molar-refractivity contribution >= 4 is 6.21 Å². The Hall–Kier alpha value is -0.470. The molecule has 0 aliphatic rings. The Kier molecular flexibility index (Phi) is 4.41. The van der Waals surface area contributed by atoms with Crippen LogP contribution in [0.5, 0.6) is 0 Å². The maximum Gasteiger partial charge on any atom is 0.238 e. The van der Waals surface area contributed by atoms with Crippen molar-refractivity contribution in [1.29, 1.82) is 5.41 Å². The average molecular weight is 121 g/mol. The molecule has 3 heteroatoms. The number of hydrogen-bond donors (Lipinski definition) is 1. The fourth-order valence-electron chi connectivity index (χ4n) is 0.374. The Morgan fingerprint density at radius 3 is 2.50 bits per heavy atom. The van der Waals surface area contributed by atoms with Crippen LogP contribution in [0, 0.1) is 5.41 Å². The fourth-order valence-corrected chi connectivity index (χ4v) is 0.374. The monoisotopic (exact) mass is 121 g/mol. The summed E-state index contributed by atoms with van der Waals surface area (Å²) < 4.78 is 22.6. The van der Waals surface area contributed by atoms with Gasteiger partial charge in [0.2, 0.25) is 6.43 Å². The van der Waals surface area contributed by atoms with Crippen LogP contribution < -0.4 is 0 Å². The second-order valence-electron chi connectivity index (χ2n) is 1.53. The van der Waals surface area contributed by atoms with E-state index in [1.165, 1.54) is 0 Å². The molecule has 0 aromatic rings. The molecule has 0 amide bonds. The minimum Gasteiger partial charge on any atom is -0.313 e. The topological polar surface area (TPSA) is 23.9 Å². The summed E-state index contributed by atoms with van der Waals surface area (Å²) in [5.74, 6) is 0. The third kappa shape index (κ3) is 5.53. The highest BCUT2D eigenvalue weighted by molar-refractivity contribution is 5.52. The molecule has 0 saturated carbocycles. The quantitative estimate of drug-likeness (QED) is 0.435. The number of rotatable bonds is 4. The van der Waals surface area contributed by atoms with Gasteiger partial charge in [0.25, 0.3) is 0 Å². The lowest BCUT2D eigenvalue weighted by molar-refractivity contribution is 0.136. The van der Waals surface area contributed by atoms with Crippen molar-refractivity contribution in [3.8, 4) is 0 Å². The van der Waals surface area contributed by atoms with Crippen molar-refractivity contribution in [3.05, 3.63) is 0 Å². The van der Waals surface area contributed by atoms with Gasteiger partial charge in [-0.15, -0.1) is 0 Å². The summed E-state index contributed by atoms with van der Waals surface area (Å²) in [5.41, 5.74) is 0. The number of alkyl halides is 2. The van der Waals surface area contributed by atoms with Gasteiger partial charge in [-0.2, -0.15) is 0 Å². The van der Waals surface area contributed by atoms with E-state index in [0.29, 0.717) is 12.8 Å². The Labute approximate surface area is 47.2 Å². The van der Waals surface area contributed by atoms with Gasteiger partial charge in [0.05, 0.1) is 0 Å². The molecule has 0 bridgehead atoms. The summed E-state index contributed by atoms with van der Waals surface area (Å²) in [6.45, 7) is 0. The number of halogens is 2. The average Bonchev–Trinajstić information content (AvgIpc) is 1.66. The molecule has 0 fully saturated rings. The van der Waals surface area contributed by atoms with Crippen molar-refractivity contribution in [2.75, 3.05) is 0 Å². The van der Waals surface area contributed by atoms with Crippen LogP contribution in [-0.4, -0.2) is 12.6 Å². The van der Waals surface area contributed by atoms with E-state index in [-0.39, 0.29) is 6.42 Å². The van der Waals surface area contributed by atoms with Crippen LogP contribution in [0.1, 0.15) is 19.3 Å². The highest BCUT2D eigenvalue weighted by Gasteiger charge is 1.98. The molecule has 8 heavy (non-hydrogen) atoms. The predicted octanol–water partition coefficient (Wildman–Crippen LogP) is 2.07. The number of nitrogens with one attached hydrogen (secondary N) is 1. The van der Waals surface area contributed by atoms with Crippen molar-refractivity contribution in [2.24, 2.45) is 0 Å². The molecule has 1 nitrogen and oxygen atoms in total. The Morgan fingerprint density at radius 1 is 1.50 bits per heavy atom. The Morgan fingerprint density at radius 2 is 2.12 bits per heavy atom. The van der Waals surface area contributed by atoms with Gasteiger partial charge in [-0.3, -0.25) is 0 Å². The molecule has 1 N–H and O–H groups in total. The minimum atomic E-state index is -2.20. The van der Waals surface area contributed by atoms with Crippen LogP contribution in [-0.2, 0) is 0 Å². The second-order valence-corrected chi connectivity index (χ2v) is 1.53. The molecule has 0 spiro atoms. The molecule has 0 aliphatic heterocycles. The number of unbranched alkanes of at least 4 members (excludes halogenated alkanes) is 1. The first-order valence-corrected chi connectivity index (χ1v) is 2.54. The summed E-state index contributed by atoms with van der Waals surface area (Å²) in [4.78, 5) is 0. The van der Waals surface area contributed by atoms with Gasteiger partial charge in [0.1, 0.15) is 0 Å². The van der Waals surface area contributed by atoms with E-state index < -0.39 is 6.43 Å². The van der Waals surface area contributed by atoms with Crippen LogP contribution in [0.15, 0.2) is 0 Å². The highest BCUT2D eigenvalue weighted by atomic mass is 19.3. The molecular formula is C5H9F2N. The molecule has 0 saturated heterocycles. The van der Waals surface area contributed by atoms with Crippen molar-refractivity contribution in [2.45, 2.75) is 25.7 Å². The van der Waals surface area contributed by atoms with E-state index in [4.69, 9.17) is 5.41 Å². The van der Waals surface area contributed by atoms with Gasteiger partial charge in [0, 0.05) is 6.42 Å². The first-order valence-electron chi connectivity index (χ1n) is 2.54. The predicted molar refractivity (Wildman–Crippen MR) is 28.6 cm³/mol. The van der Waals surface area contributed by atoms with E-state index in [0.717, 1.165) is 6.21 Å². The van der Waals surface area contributed by atoms with Crippen LogP contribution in [0.2, 0.25) is 0 Å². The molecule has 0 atom stereocenters. The smallest absolute Gasteiger partial charge is 0.238 e. The van der Waals surface area contributed by atoms with E-state index in [1.807, 2.05) is 0 Å². The standard InChI is InChI=1S/C5H9F2N/c6-5(7)3-1-2-4-8/h4-5,8H,1-3H2. The van der Waals surface area contributed by atoms with Gasteiger partial charge < -0.3 is 5.41 Å². The van der Waals surface area contributed by atoms with Gasteiger partial charge in [-0.25, -0.2) is 8.78 Å². The first-order chi connectivity index (χ1) is 3.77. The molecule has 0 heterocycles. The molecule has 0 unspecified atom stereocenters. The zero-order valence-corrected chi connectivity index (χ0v) is 4.53. The SMILES string of the molecule is N=CCCCC(F)F. The van der Waals surface area contributed by atoms with Gasteiger partial charge in [-0.1, -0.05) is 0 Å². The van der Waals surface area contributed by atoms with E-state index in [2.05, 4.69) is 0 Å². The molecule has 0 rings (SSSR count). The zero-order chi connectivity index (χ0) is 6.41. The van der Waals surface area contributed by atoms with E-state index in [9.17, 15) is 8.78 Å². The highest BCUT2D eigenvalue weighted by Crippen LogP contribution is 2.03. The molecular weight excluding hydrogens is 112 g/mol. The lowest BCUT2D eigenvalue weighted by Crippen LogP contribution is -1.88. The lowest BCUT2D eigenvalue weighted by Gasteiger charge is -1.92. The molecule has 0 aromatic heterocycles. The lowest BCUT2D eigenvalue weighted by atomic mass is 10.2. The summed E-state index contributed by atoms with van der Waals surface area (Å²) in [6.07, 6.45) is -0.210. The maximum atomic E-state index is 11.3. The largest absolute Gasteiger partial charge is 0.313 e. The van der Waals surface area contributed by atoms with Gasteiger partial charge >= 0.3 is 0 Å². The number of hydrogen-bond acceptors (Lipinski definition) is 1. The van der Waals surface area contributed by atoms with Gasteiger partial charge in [0.15, 0.2) is 0 Å². The zero-order valence-electron chi connectivity index (χ0n) is 4.53. The minimum absolute atomic E-state index is 0.0740. The van der Waals surface area contributed by atoms with Crippen LogP contribution in [0.4, 0.5) is 8.78 Å². The van der Waals surface area contributed by atoms with Crippen LogP contribution >= 0.6 is 0 Å². The third-order valence-corrected chi connectivity index (χ3v) is 0.771. The Balaban J connectivity index is 2.81. The summed E-state index contributed by atoms with van der Waals surface area (Å²) >= 11 is 0. The molecule has 48 valence electrons. The maximum absolute atomic E-state index is 11.3. The first kappa shape index (κ1) is 7.53. The summed E-state index contributed by atoms with van der Waals surface area (Å²) in [6, 6.07) is 0. The van der Waals surface area contributed by atoms with Gasteiger partial charge in [-0.05, 0) is 19.1 Å². The summed E-state index contributed by atoms with van der Waals surface area (Å²) in [7, 11) is 0. The molecule has 0 radical (unpaired) electrons. The summed E-state index contributed by atoms with van der Waals surface area (Å²) in [5, 5.41) is 6.48. The van der Waals surface area contributed by atoms with Crippen molar-refractivity contribution in [1.82, 2.24) is 0 Å². The third-order valence-electron chi connectivity index (χ3n) is 0.771. The molecule has 0 aromatic carbocycles. The van der Waals surface area contributed by atoms with E-state index in [1.54, 1.807) is 0 Å². The second kappa shape index (κ2) is 4.68. The molecule has 0 aliphatic carbocycles. The normalized spacial score (nSPS) is 9.88. The van der Waals surface area contributed by atoms with Crippen LogP contribution in [0.3, 0.4) is 0 Å². The van der Waals surface area contributed by atoms with E-state index >= 15 is 0 Å². The fraction of sp³-hybridized carbons (Fsp3) is 0.800. The van der Waals surface area contributed by atoms with Crippen molar-refractivity contribution < 1.29 is 8.78 Å².